The van der Waals surface area contributed by atoms with Crippen LogP contribution in [-0.2, 0) is 32.9 Å². The predicted octanol–water partition coefficient (Wildman–Crippen LogP) is 0.326. The summed E-state index contributed by atoms with van der Waals surface area (Å²) in [4.78, 5) is 9.84. The van der Waals surface area contributed by atoms with Crippen molar-refractivity contribution in [2.75, 3.05) is 0 Å². The second kappa shape index (κ2) is 5.36. The zero-order valence-corrected chi connectivity index (χ0v) is 8.80. The molecule has 0 radical (unpaired) electrons. The minimum atomic E-state index is 0. The average molecular weight is 308 g/mol. The number of hydrogen-bond acceptors (Lipinski definition) is 2. The first-order chi connectivity index (χ1) is 3.83. The molecule has 0 aliphatic rings. The molecule has 54 valence electrons. The third kappa shape index (κ3) is 2.92. The Hall–Kier alpha value is -0.432. The fourth-order valence-corrected chi connectivity index (χ4v) is 0.474. The van der Waals surface area contributed by atoms with Crippen molar-refractivity contribution in [1.29, 1.82) is 0 Å². The maximum atomic E-state index is 9.84. The summed E-state index contributed by atoms with van der Waals surface area (Å²) in [5.74, 6) is 0. The largest absolute Gasteiger partial charge is 2.00 e. The van der Waals surface area contributed by atoms with E-state index >= 15 is 0 Å². The molecular formula is C6H8N2OW. The second-order valence-electron chi connectivity index (χ2n) is 1.50. The first-order valence-electron chi connectivity index (χ1n) is 2.20. The third-order valence-electron chi connectivity index (χ3n) is 0.823. The van der Waals surface area contributed by atoms with Crippen LogP contribution in [0, 0.1) is 7.43 Å². The van der Waals surface area contributed by atoms with E-state index in [4.69, 9.17) is 0 Å². The maximum Gasteiger partial charge on any atom is 2.00 e. The van der Waals surface area contributed by atoms with Crippen LogP contribution < -0.4 is 0 Å². The molecule has 3 nitrogen and oxygen atoms in total. The zero-order chi connectivity index (χ0) is 5.98. The van der Waals surface area contributed by atoms with Gasteiger partial charge in [-0.15, -0.1) is 5.56 Å². The van der Waals surface area contributed by atoms with Crippen molar-refractivity contribution in [2.24, 2.45) is 7.05 Å². The van der Waals surface area contributed by atoms with E-state index in [1.165, 1.54) is 6.20 Å². The summed E-state index contributed by atoms with van der Waals surface area (Å²) in [5, 5.41) is 3.74. The summed E-state index contributed by atoms with van der Waals surface area (Å²) in [6, 6.07) is 0. The van der Waals surface area contributed by atoms with Crippen LogP contribution in [0.5, 0.6) is 0 Å². The summed E-state index contributed by atoms with van der Waals surface area (Å²) in [6.45, 7) is 0. The second-order valence-corrected chi connectivity index (χ2v) is 1.50. The molecule has 1 aromatic heterocycles. The van der Waals surface area contributed by atoms with Gasteiger partial charge in [0.25, 0.3) is 0 Å². The number of nitrogens with zero attached hydrogens (tertiary/aromatic N) is 2. The molecule has 0 bridgehead atoms. The minimum Gasteiger partial charge on any atom is -0.376 e. The molecule has 0 atom stereocenters. The Labute approximate surface area is 74.7 Å². The summed E-state index contributed by atoms with van der Waals surface area (Å²) >= 11 is 0. The molecule has 1 rings (SSSR count). The summed E-state index contributed by atoms with van der Waals surface area (Å²) in [7, 11) is 1.75. The maximum absolute atomic E-state index is 9.84. The molecule has 4 heteroatoms. The van der Waals surface area contributed by atoms with Crippen LogP contribution in [-0.4, -0.2) is 16.1 Å². The molecule has 0 N–H and O–H groups in total. The molecule has 10 heavy (non-hydrogen) atoms. The third-order valence-corrected chi connectivity index (χ3v) is 0.823. The molecule has 0 unspecified atom stereocenters. The number of aromatic nitrogens is 2. The van der Waals surface area contributed by atoms with Crippen molar-refractivity contribution in [3.05, 3.63) is 25.4 Å². The van der Waals surface area contributed by atoms with Crippen LogP contribution in [0.15, 0.2) is 12.4 Å². The van der Waals surface area contributed by atoms with Gasteiger partial charge in [0.05, 0.1) is 6.29 Å². The topological polar surface area (TPSA) is 34.9 Å². The number of hydrogen-bond donors (Lipinski definition) is 0. The number of rotatable bonds is 1. The Morgan fingerprint density at radius 2 is 2.30 bits per heavy atom. The molecule has 1 aromatic rings. The zero-order valence-electron chi connectivity index (χ0n) is 5.87. The number of aryl methyl sites for hydroxylation is 1. The van der Waals surface area contributed by atoms with E-state index in [0.29, 0.717) is 5.56 Å². The molecule has 0 spiro atoms. The first-order valence-corrected chi connectivity index (χ1v) is 2.20. The smallest absolute Gasteiger partial charge is 0.376 e. The van der Waals surface area contributed by atoms with Gasteiger partial charge in [0.15, 0.2) is 0 Å². The molecule has 0 saturated carbocycles. The van der Waals surface area contributed by atoms with Gasteiger partial charge in [-0.3, -0.25) is 5.10 Å². The van der Waals surface area contributed by atoms with E-state index < -0.39 is 0 Å². The molecule has 0 fully saturated rings. The van der Waals surface area contributed by atoms with Gasteiger partial charge < -0.3 is 16.9 Å². The van der Waals surface area contributed by atoms with Crippen molar-refractivity contribution in [3.8, 4) is 0 Å². The van der Waals surface area contributed by atoms with E-state index in [2.05, 4.69) is 5.10 Å². The molecular weight excluding hydrogens is 300 g/mol. The van der Waals surface area contributed by atoms with Crippen molar-refractivity contribution < 1.29 is 25.9 Å². The van der Waals surface area contributed by atoms with Gasteiger partial charge in [0, 0.05) is 7.05 Å². The summed E-state index contributed by atoms with van der Waals surface area (Å²) < 4.78 is 1.56. The molecule has 0 aliphatic carbocycles. The van der Waals surface area contributed by atoms with Crippen LogP contribution in [0.1, 0.15) is 5.56 Å². The molecule has 0 saturated heterocycles. The average Bonchev–Trinajstić information content (AvgIpc) is 2.14. The Balaban J connectivity index is 0. The quantitative estimate of drug-likeness (QED) is 0.701. The molecule has 0 amide bonds. The Bertz CT molecular complexity index is 197. The van der Waals surface area contributed by atoms with Crippen LogP contribution in [0.2, 0.25) is 0 Å². The standard InChI is InChI=1S/C5H5N2O.CH3.W/c1-7-3-5(4-8)2-6-7;;/h2-3H,1H3;1H3;/q2*-1;+2. The van der Waals surface area contributed by atoms with Crippen molar-refractivity contribution in [1.82, 2.24) is 9.78 Å². The van der Waals surface area contributed by atoms with Crippen LogP contribution in [0.25, 0.3) is 0 Å². The van der Waals surface area contributed by atoms with Gasteiger partial charge >= 0.3 is 21.1 Å². The molecule has 1 heterocycles. The Morgan fingerprint density at radius 3 is 2.50 bits per heavy atom. The monoisotopic (exact) mass is 308 g/mol. The van der Waals surface area contributed by atoms with Gasteiger partial charge in [0.2, 0.25) is 0 Å². The van der Waals surface area contributed by atoms with Crippen LogP contribution in [0.3, 0.4) is 0 Å². The normalized spacial score (nSPS) is 7.30. The van der Waals surface area contributed by atoms with Crippen molar-refractivity contribution in [2.45, 2.75) is 0 Å². The predicted molar refractivity (Wildman–Crippen MR) is 34.4 cm³/mol. The van der Waals surface area contributed by atoms with Gasteiger partial charge in [-0.2, -0.15) is 0 Å². The minimum absolute atomic E-state index is 0. The first kappa shape index (κ1) is 12.3. The Kier molecular flexibility index (Phi) is 6.57. The van der Waals surface area contributed by atoms with Crippen LogP contribution in [0.4, 0.5) is 0 Å². The van der Waals surface area contributed by atoms with E-state index in [0.717, 1.165) is 0 Å². The van der Waals surface area contributed by atoms with E-state index in [1.807, 2.05) is 0 Å². The summed E-state index contributed by atoms with van der Waals surface area (Å²) in [6.07, 6.45) is 4.78. The van der Waals surface area contributed by atoms with Gasteiger partial charge in [-0.1, -0.05) is 12.4 Å². The van der Waals surface area contributed by atoms with Crippen molar-refractivity contribution in [3.63, 3.8) is 0 Å². The molecule has 0 aromatic carbocycles. The van der Waals surface area contributed by atoms with E-state index in [-0.39, 0.29) is 28.5 Å². The fourth-order valence-electron chi connectivity index (χ4n) is 0.474. The van der Waals surface area contributed by atoms with Crippen LogP contribution >= 0.6 is 0 Å². The molecule has 0 aliphatic heterocycles. The van der Waals surface area contributed by atoms with Crippen molar-refractivity contribution >= 4 is 6.29 Å². The summed E-state index contributed by atoms with van der Waals surface area (Å²) in [5.41, 5.74) is 0.493. The van der Waals surface area contributed by atoms with E-state index in [1.54, 1.807) is 24.2 Å². The van der Waals surface area contributed by atoms with Gasteiger partial charge in [0.1, 0.15) is 0 Å². The number of carbonyl (C=O) groups excluding carboxylic acids is 1. The van der Waals surface area contributed by atoms with Gasteiger partial charge in [-0.05, 0) is 0 Å². The Morgan fingerprint density at radius 1 is 1.70 bits per heavy atom. The fraction of sp³-hybridized carbons (Fsp3) is 0.167. The van der Waals surface area contributed by atoms with Gasteiger partial charge in [-0.25, -0.2) is 0 Å². The SMILES string of the molecule is Cn1cc([C-]=O)cn1.[CH3-].[W+2]. The van der Waals surface area contributed by atoms with E-state index in [9.17, 15) is 4.79 Å².